The fraction of sp³-hybridized carbons (Fsp3) is 0.133. The minimum Gasteiger partial charge on any atom is -0.487 e. The van der Waals surface area contributed by atoms with Crippen LogP contribution in [0.15, 0.2) is 46.9 Å². The van der Waals surface area contributed by atoms with Crippen molar-refractivity contribution in [2.45, 2.75) is 12.8 Å². The van der Waals surface area contributed by atoms with Gasteiger partial charge in [-0.05, 0) is 33.6 Å². The van der Waals surface area contributed by atoms with Gasteiger partial charge in [-0.2, -0.15) is 13.2 Å². The summed E-state index contributed by atoms with van der Waals surface area (Å²) in [6.07, 6.45) is -4.98. The van der Waals surface area contributed by atoms with Gasteiger partial charge in [0.25, 0.3) is 0 Å². The fourth-order valence-corrected chi connectivity index (χ4v) is 2.30. The Hall–Kier alpha value is -1.73. The summed E-state index contributed by atoms with van der Waals surface area (Å²) < 4.78 is 42.6. The van der Waals surface area contributed by atoms with Gasteiger partial charge in [-0.15, -0.1) is 0 Å². The van der Waals surface area contributed by atoms with Crippen LogP contribution in [0.5, 0.6) is 5.75 Å². The number of hydrogen-bond acceptors (Lipinski definition) is 2. The highest BCUT2D eigenvalue weighted by molar-refractivity contribution is 9.10. The number of amides is 1. The first-order valence-electron chi connectivity index (χ1n) is 6.31. The van der Waals surface area contributed by atoms with Crippen LogP contribution in [0.2, 0.25) is 5.02 Å². The number of rotatable bonds is 4. The van der Waals surface area contributed by atoms with E-state index < -0.39 is 12.1 Å². The van der Waals surface area contributed by atoms with E-state index in [2.05, 4.69) is 15.9 Å². The summed E-state index contributed by atoms with van der Waals surface area (Å²) in [6, 6.07) is 11.9. The van der Waals surface area contributed by atoms with E-state index >= 15 is 0 Å². The van der Waals surface area contributed by atoms with E-state index in [0.29, 0.717) is 0 Å². The van der Waals surface area contributed by atoms with Crippen LogP contribution >= 0.6 is 27.5 Å². The van der Waals surface area contributed by atoms with E-state index in [9.17, 15) is 18.0 Å². The Labute approximate surface area is 143 Å². The molecule has 0 atom stereocenters. The molecule has 0 radical (unpaired) electrons. The highest BCUT2D eigenvalue weighted by Crippen LogP contribution is 2.35. The molecule has 2 aromatic carbocycles. The summed E-state index contributed by atoms with van der Waals surface area (Å²) in [4.78, 5) is 11.0. The number of anilines is 1. The van der Waals surface area contributed by atoms with Crippen LogP contribution in [0.25, 0.3) is 0 Å². The van der Waals surface area contributed by atoms with Gasteiger partial charge in [0.2, 0.25) is 0 Å². The summed E-state index contributed by atoms with van der Waals surface area (Å²) in [7, 11) is 0. The summed E-state index contributed by atoms with van der Waals surface area (Å²) in [5.41, 5.74) is 0.818. The molecule has 1 amide bonds. The average Bonchev–Trinajstić information content (AvgIpc) is 2.49. The third kappa shape index (κ3) is 4.87. The molecule has 0 aliphatic rings. The first-order chi connectivity index (χ1) is 10.8. The lowest BCUT2D eigenvalue weighted by Crippen LogP contribution is -2.30. The number of nitrogens with one attached hydrogen (secondary N) is 1. The Morgan fingerprint density at radius 1 is 1.22 bits per heavy atom. The average molecular weight is 409 g/mol. The van der Waals surface area contributed by atoms with E-state index in [4.69, 9.17) is 16.3 Å². The quantitative estimate of drug-likeness (QED) is 0.757. The minimum absolute atomic E-state index is 0.0848. The van der Waals surface area contributed by atoms with Crippen molar-refractivity contribution in [3.63, 3.8) is 0 Å². The number of alkyl halides is 3. The molecule has 1 N–H and O–H groups in total. The third-order valence-electron chi connectivity index (χ3n) is 2.76. The maximum Gasteiger partial charge on any atom is 0.471 e. The van der Waals surface area contributed by atoms with Gasteiger partial charge in [-0.1, -0.05) is 41.9 Å². The lowest BCUT2D eigenvalue weighted by molar-refractivity contribution is -0.167. The van der Waals surface area contributed by atoms with E-state index in [1.54, 1.807) is 5.32 Å². The van der Waals surface area contributed by atoms with Gasteiger partial charge < -0.3 is 10.1 Å². The molecule has 0 unspecified atom stereocenters. The molecule has 2 rings (SSSR count). The fourth-order valence-electron chi connectivity index (χ4n) is 1.66. The molecular formula is C15H10BrClF3NO2. The van der Waals surface area contributed by atoms with Gasteiger partial charge in [0, 0.05) is 4.47 Å². The Balaban J connectivity index is 2.12. The van der Waals surface area contributed by atoms with Crippen LogP contribution in [0, 0.1) is 0 Å². The molecule has 0 aromatic heterocycles. The molecule has 0 aliphatic heterocycles. The number of benzene rings is 2. The zero-order valence-corrected chi connectivity index (χ0v) is 13.8. The van der Waals surface area contributed by atoms with Crippen molar-refractivity contribution >= 4 is 39.1 Å². The maximum atomic E-state index is 12.3. The van der Waals surface area contributed by atoms with Crippen LogP contribution in [-0.4, -0.2) is 12.1 Å². The second-order valence-corrected chi connectivity index (χ2v) is 5.75. The third-order valence-corrected chi connectivity index (χ3v) is 3.72. The normalized spacial score (nSPS) is 11.2. The first kappa shape index (κ1) is 17.6. The van der Waals surface area contributed by atoms with E-state index in [1.165, 1.54) is 12.1 Å². The van der Waals surface area contributed by atoms with Gasteiger partial charge in [0.15, 0.2) is 0 Å². The zero-order chi connectivity index (χ0) is 17.0. The van der Waals surface area contributed by atoms with E-state index in [1.807, 2.05) is 30.3 Å². The van der Waals surface area contributed by atoms with Crippen molar-refractivity contribution in [3.8, 4) is 5.75 Å². The smallest absolute Gasteiger partial charge is 0.471 e. The topological polar surface area (TPSA) is 38.3 Å². The largest absolute Gasteiger partial charge is 0.487 e. The van der Waals surface area contributed by atoms with Crippen molar-refractivity contribution in [2.24, 2.45) is 0 Å². The molecule has 3 nitrogen and oxygen atoms in total. The summed E-state index contributed by atoms with van der Waals surface area (Å²) >= 11 is 9.07. The summed E-state index contributed by atoms with van der Waals surface area (Å²) in [6.45, 7) is 0.251. The Morgan fingerprint density at radius 3 is 2.48 bits per heavy atom. The Kier molecular flexibility index (Phi) is 5.54. The molecule has 0 fully saturated rings. The highest BCUT2D eigenvalue weighted by Gasteiger charge is 2.39. The summed E-state index contributed by atoms with van der Waals surface area (Å²) in [5.74, 6) is -1.79. The number of hydrogen-bond donors (Lipinski definition) is 1. The molecule has 23 heavy (non-hydrogen) atoms. The molecule has 122 valence electrons. The Bertz CT molecular complexity index is 708. The lowest BCUT2D eigenvalue weighted by Gasteiger charge is -2.13. The minimum atomic E-state index is -4.98. The van der Waals surface area contributed by atoms with Gasteiger partial charge in [0.1, 0.15) is 12.4 Å². The van der Waals surface area contributed by atoms with Crippen LogP contribution < -0.4 is 10.1 Å². The summed E-state index contributed by atoms with van der Waals surface area (Å²) in [5, 5.41) is 1.83. The van der Waals surface area contributed by atoms with Crippen molar-refractivity contribution in [3.05, 3.63) is 57.5 Å². The maximum absolute atomic E-state index is 12.3. The molecule has 0 bridgehead atoms. The molecule has 0 heterocycles. The van der Waals surface area contributed by atoms with Crippen molar-refractivity contribution in [1.29, 1.82) is 0 Å². The predicted octanol–water partition coefficient (Wildman–Crippen LogP) is 5.18. The van der Waals surface area contributed by atoms with E-state index in [-0.39, 0.29) is 27.5 Å². The first-order valence-corrected chi connectivity index (χ1v) is 7.48. The standard InChI is InChI=1S/C15H10BrClF3NO2/c16-10-6-13(23-8-9-4-2-1-3-5-9)11(17)7-12(10)21-14(22)15(18,19)20/h1-7H,8H2,(H,21,22). The monoisotopic (exact) mass is 407 g/mol. The molecule has 0 spiro atoms. The second kappa shape index (κ2) is 7.23. The van der Waals surface area contributed by atoms with Gasteiger partial charge in [0.05, 0.1) is 10.7 Å². The molecule has 0 aliphatic carbocycles. The van der Waals surface area contributed by atoms with Crippen molar-refractivity contribution in [2.75, 3.05) is 5.32 Å². The molecule has 0 saturated carbocycles. The Morgan fingerprint density at radius 2 is 1.87 bits per heavy atom. The number of halogens is 5. The predicted molar refractivity (Wildman–Crippen MR) is 84.6 cm³/mol. The number of carbonyl (C=O) groups is 1. The number of ether oxygens (including phenoxy) is 1. The second-order valence-electron chi connectivity index (χ2n) is 4.49. The van der Waals surface area contributed by atoms with Crippen molar-refractivity contribution in [1.82, 2.24) is 0 Å². The lowest BCUT2D eigenvalue weighted by atomic mass is 10.2. The SMILES string of the molecule is O=C(Nc1cc(Cl)c(OCc2ccccc2)cc1Br)C(F)(F)F. The van der Waals surface area contributed by atoms with Crippen molar-refractivity contribution < 1.29 is 22.7 Å². The number of carbonyl (C=O) groups excluding carboxylic acids is 1. The van der Waals surface area contributed by atoms with Crippen LogP contribution in [0.1, 0.15) is 5.56 Å². The molecule has 8 heteroatoms. The van der Waals surface area contributed by atoms with Gasteiger partial charge in [-0.25, -0.2) is 0 Å². The van der Waals surface area contributed by atoms with Gasteiger partial charge in [-0.3, -0.25) is 4.79 Å². The van der Waals surface area contributed by atoms with Crippen LogP contribution in [0.4, 0.5) is 18.9 Å². The zero-order valence-electron chi connectivity index (χ0n) is 11.5. The highest BCUT2D eigenvalue weighted by atomic mass is 79.9. The van der Waals surface area contributed by atoms with Crippen LogP contribution in [0.3, 0.4) is 0 Å². The van der Waals surface area contributed by atoms with E-state index in [0.717, 1.165) is 5.56 Å². The molecule has 0 saturated heterocycles. The van der Waals surface area contributed by atoms with Crippen LogP contribution in [-0.2, 0) is 11.4 Å². The molecule has 2 aromatic rings. The molecular weight excluding hydrogens is 399 g/mol. The van der Waals surface area contributed by atoms with Gasteiger partial charge >= 0.3 is 12.1 Å².